The van der Waals surface area contributed by atoms with Crippen molar-refractivity contribution in [1.29, 1.82) is 0 Å². The maximum absolute atomic E-state index is 12.7. The van der Waals surface area contributed by atoms with Crippen molar-refractivity contribution in [3.05, 3.63) is 24.3 Å². The topological polar surface area (TPSA) is 210 Å². The number of aliphatic hydroxyl groups is 5. The summed E-state index contributed by atoms with van der Waals surface area (Å²) in [6.07, 6.45) is 29.5. The molecular formula is C48H89O13P. The fourth-order valence-electron chi connectivity index (χ4n) is 7.76. The Labute approximate surface area is 375 Å². The number of unbranched alkanes of at least 4 members (excludes halogenated alkanes) is 18. The summed E-state index contributed by atoms with van der Waals surface area (Å²) in [7, 11) is -4.68. The van der Waals surface area contributed by atoms with Gasteiger partial charge in [-0.3, -0.25) is 18.6 Å². The van der Waals surface area contributed by atoms with Crippen LogP contribution in [0.2, 0.25) is 0 Å². The number of phosphoric ester groups is 1. The molecule has 0 amide bonds. The fourth-order valence-corrected chi connectivity index (χ4v) is 8.55. The predicted octanol–water partition coefficient (Wildman–Crippen LogP) is 9.58. The van der Waals surface area contributed by atoms with Crippen LogP contribution in [0.1, 0.15) is 194 Å². The molecule has 0 aromatic heterocycles. The molecule has 1 aliphatic rings. The van der Waals surface area contributed by atoms with Crippen LogP contribution in [-0.4, -0.2) is 99.3 Å². The highest BCUT2D eigenvalue weighted by molar-refractivity contribution is 7.47. The molecule has 0 saturated heterocycles. The Morgan fingerprint density at radius 1 is 0.694 bits per heavy atom. The highest BCUT2D eigenvalue weighted by Crippen LogP contribution is 2.43. The van der Waals surface area contributed by atoms with Gasteiger partial charge in [0.25, 0.3) is 0 Å². The Hall–Kier alpha value is -1.67. The smallest absolute Gasteiger partial charge is 0.462 e. The lowest BCUT2D eigenvalue weighted by molar-refractivity contribution is -0.161. The Balaban J connectivity index is 2.39. The summed E-state index contributed by atoms with van der Waals surface area (Å²) in [5, 5.41) is 49.7. The molecule has 0 aliphatic heterocycles. The molecule has 0 spiro atoms. The van der Waals surface area contributed by atoms with E-state index in [4.69, 9.17) is 23.6 Å². The normalized spacial score (nSPS) is 20.5. The monoisotopic (exact) mass is 905 g/mol. The number of hydrogen-bond acceptors (Lipinski definition) is 12. The van der Waals surface area contributed by atoms with Gasteiger partial charge in [0, 0.05) is 25.2 Å². The number of carbonyl (C=O) groups excluding carboxylic acids is 2. The highest BCUT2D eigenvalue weighted by atomic mass is 31.2. The van der Waals surface area contributed by atoms with E-state index in [1.807, 2.05) is 18.2 Å². The summed E-state index contributed by atoms with van der Waals surface area (Å²) in [6, 6.07) is 0. The maximum Gasteiger partial charge on any atom is 0.472 e. The highest BCUT2D eigenvalue weighted by Gasteiger charge is 2.39. The number of hydrogen-bond donors (Lipinski definition) is 6. The zero-order chi connectivity index (χ0) is 45.9. The first-order valence-electron chi connectivity index (χ1n) is 24.4. The summed E-state index contributed by atoms with van der Waals surface area (Å²) >= 11 is 0. The first kappa shape index (κ1) is 58.3. The number of allylic oxidation sites excluding steroid dienone is 2. The lowest BCUT2D eigenvalue weighted by atomic mass is 9.89. The number of phosphoric acid groups is 1. The van der Waals surface area contributed by atoms with Crippen molar-refractivity contribution in [2.45, 2.75) is 225 Å². The van der Waals surface area contributed by atoms with Crippen molar-refractivity contribution in [2.75, 3.05) is 26.4 Å². The number of ether oxygens (including phenoxy) is 2. The average molecular weight is 905 g/mol. The van der Waals surface area contributed by atoms with E-state index in [1.165, 1.54) is 83.5 Å². The SMILES string of the molecule is CCCCC[C@H](O)/C=C/[C@@H]1[C@@H](C/C=C/CCCC(=O)OC[C@H](COP(=O)(O)OC[C@@H](O)CO)OC(=O)CCCCCCCCCCCCCCCCCCC(C)C)[C@@H](O)C[C@H]1O. The maximum atomic E-state index is 12.7. The number of carbonyl (C=O) groups is 2. The van der Waals surface area contributed by atoms with Gasteiger partial charge in [0.2, 0.25) is 0 Å². The van der Waals surface area contributed by atoms with E-state index in [0.717, 1.165) is 44.4 Å². The van der Waals surface area contributed by atoms with Gasteiger partial charge in [-0.1, -0.05) is 167 Å². The number of esters is 2. The summed E-state index contributed by atoms with van der Waals surface area (Å²) < 4.78 is 32.8. The van der Waals surface area contributed by atoms with Crippen molar-refractivity contribution in [1.82, 2.24) is 0 Å². The van der Waals surface area contributed by atoms with Crippen LogP contribution in [0, 0.1) is 17.8 Å². The molecule has 1 saturated carbocycles. The van der Waals surface area contributed by atoms with E-state index in [9.17, 15) is 39.5 Å². The van der Waals surface area contributed by atoms with Crippen LogP contribution in [0.4, 0.5) is 0 Å². The van der Waals surface area contributed by atoms with Crippen LogP contribution in [0.5, 0.6) is 0 Å². The molecular weight excluding hydrogens is 815 g/mol. The molecule has 0 aromatic rings. The molecule has 1 aliphatic carbocycles. The van der Waals surface area contributed by atoms with Gasteiger partial charge in [0.1, 0.15) is 12.7 Å². The lowest BCUT2D eigenvalue weighted by Gasteiger charge is -2.20. The van der Waals surface area contributed by atoms with Gasteiger partial charge in [-0.15, -0.1) is 0 Å². The molecule has 14 heteroatoms. The molecule has 0 radical (unpaired) electrons. The molecule has 364 valence electrons. The predicted molar refractivity (Wildman–Crippen MR) is 244 cm³/mol. The average Bonchev–Trinajstić information content (AvgIpc) is 3.51. The van der Waals surface area contributed by atoms with Gasteiger partial charge < -0.3 is 39.9 Å². The van der Waals surface area contributed by atoms with E-state index in [-0.39, 0.29) is 31.1 Å². The van der Waals surface area contributed by atoms with Gasteiger partial charge in [0.15, 0.2) is 6.10 Å². The fraction of sp³-hybridized carbons (Fsp3) is 0.875. The molecule has 8 atom stereocenters. The molecule has 0 bridgehead atoms. The van der Waals surface area contributed by atoms with Crippen molar-refractivity contribution in [3.63, 3.8) is 0 Å². The standard InChI is InChI=1S/C48H89O13P/c1-4-5-22-28-40(50)32-33-44-43(45(52)34-46(44)53)29-24-20-21-25-30-47(54)58-37-42(38-60-62(56,57)59-36-41(51)35-49)61-48(55)31-26-19-17-15-13-11-9-7-6-8-10-12-14-16-18-23-27-39(2)3/h20,24,32-33,39-46,49-53H,4-19,21-23,25-31,34-38H2,1-3H3,(H,56,57)/b24-20+,33-32+/t40-,41-,42+,43+,44+,45-,46+/m0/s1. The molecule has 13 nitrogen and oxygen atoms in total. The minimum absolute atomic E-state index is 0.0669. The van der Waals surface area contributed by atoms with Crippen LogP contribution in [0.15, 0.2) is 24.3 Å². The van der Waals surface area contributed by atoms with E-state index >= 15 is 0 Å². The molecule has 0 heterocycles. The van der Waals surface area contributed by atoms with Crippen molar-refractivity contribution >= 4 is 19.8 Å². The van der Waals surface area contributed by atoms with E-state index in [0.29, 0.717) is 32.1 Å². The molecule has 62 heavy (non-hydrogen) atoms. The second-order valence-electron chi connectivity index (χ2n) is 17.9. The minimum atomic E-state index is -4.68. The molecule has 1 unspecified atom stereocenters. The Morgan fingerprint density at radius 3 is 1.82 bits per heavy atom. The first-order chi connectivity index (χ1) is 29.8. The second-order valence-corrected chi connectivity index (χ2v) is 19.4. The lowest BCUT2D eigenvalue weighted by Crippen LogP contribution is -2.29. The Morgan fingerprint density at radius 2 is 1.24 bits per heavy atom. The van der Waals surface area contributed by atoms with Crippen molar-refractivity contribution in [3.8, 4) is 0 Å². The van der Waals surface area contributed by atoms with E-state index in [2.05, 4.69) is 20.8 Å². The molecule has 0 aromatic carbocycles. The molecule has 6 N–H and O–H groups in total. The van der Waals surface area contributed by atoms with Crippen molar-refractivity contribution in [2.24, 2.45) is 17.8 Å². The third-order valence-corrected chi connectivity index (χ3v) is 12.6. The van der Waals surface area contributed by atoms with Crippen LogP contribution in [0.25, 0.3) is 0 Å². The quantitative estimate of drug-likeness (QED) is 0.0146. The van der Waals surface area contributed by atoms with E-state index < -0.39 is 76.7 Å². The van der Waals surface area contributed by atoms with Gasteiger partial charge in [-0.25, -0.2) is 4.57 Å². The largest absolute Gasteiger partial charge is 0.472 e. The zero-order valence-electron chi connectivity index (χ0n) is 38.8. The number of rotatable bonds is 41. The molecule has 1 fully saturated rings. The summed E-state index contributed by atoms with van der Waals surface area (Å²) in [4.78, 5) is 35.3. The third kappa shape index (κ3) is 32.1. The van der Waals surface area contributed by atoms with Crippen LogP contribution >= 0.6 is 7.82 Å². The Bertz CT molecular complexity index is 1210. The van der Waals surface area contributed by atoms with Crippen LogP contribution in [-0.2, 0) is 32.7 Å². The van der Waals surface area contributed by atoms with Gasteiger partial charge in [-0.2, -0.15) is 0 Å². The first-order valence-corrected chi connectivity index (χ1v) is 25.9. The second kappa shape index (κ2) is 37.5. The van der Waals surface area contributed by atoms with Crippen LogP contribution in [0.3, 0.4) is 0 Å². The van der Waals surface area contributed by atoms with Gasteiger partial charge in [0.05, 0.1) is 38.1 Å². The molecule has 1 rings (SSSR count). The van der Waals surface area contributed by atoms with Crippen LogP contribution < -0.4 is 0 Å². The summed E-state index contributed by atoms with van der Waals surface area (Å²) in [6.45, 7) is 4.37. The summed E-state index contributed by atoms with van der Waals surface area (Å²) in [5.74, 6) is -0.722. The zero-order valence-corrected chi connectivity index (χ0v) is 39.7. The number of aliphatic hydroxyl groups excluding tert-OH is 5. The third-order valence-electron chi connectivity index (χ3n) is 11.6. The van der Waals surface area contributed by atoms with E-state index in [1.54, 1.807) is 6.08 Å². The summed E-state index contributed by atoms with van der Waals surface area (Å²) in [5.41, 5.74) is 0. The van der Waals surface area contributed by atoms with Crippen molar-refractivity contribution < 1.29 is 63.1 Å². The van der Waals surface area contributed by atoms with Gasteiger partial charge >= 0.3 is 19.8 Å². The Kier molecular flexibility index (Phi) is 35.3. The minimum Gasteiger partial charge on any atom is -0.462 e. The van der Waals surface area contributed by atoms with Gasteiger partial charge in [-0.05, 0) is 43.9 Å².